The predicted molar refractivity (Wildman–Crippen MR) is 146 cm³/mol. The highest BCUT2D eigenvalue weighted by Crippen LogP contribution is 2.61. The molecule has 0 radical (unpaired) electrons. The molecule has 8 rings (SSSR count). The van der Waals surface area contributed by atoms with Gasteiger partial charge in [-0.25, -0.2) is 0 Å². The number of rotatable bonds is 0. The fourth-order valence-electron chi connectivity index (χ4n) is 7.41. The first-order valence-electron chi connectivity index (χ1n) is 12.8. The van der Waals surface area contributed by atoms with E-state index >= 15 is 0 Å². The monoisotopic (exact) mass is 446 g/mol. The lowest BCUT2D eigenvalue weighted by Crippen LogP contribution is -2.35. The molecule has 0 bridgehead atoms. The van der Waals surface area contributed by atoms with Crippen LogP contribution in [0.25, 0.3) is 28.0 Å². The van der Waals surface area contributed by atoms with Crippen LogP contribution in [-0.4, -0.2) is 0 Å². The molecule has 0 aliphatic heterocycles. The zero-order chi connectivity index (χ0) is 23.1. The van der Waals surface area contributed by atoms with Crippen LogP contribution in [0.4, 0.5) is 0 Å². The first kappa shape index (κ1) is 19.4. The molecule has 35 heavy (non-hydrogen) atoms. The van der Waals surface area contributed by atoms with E-state index in [-0.39, 0.29) is 5.41 Å². The van der Waals surface area contributed by atoms with Crippen molar-refractivity contribution in [2.45, 2.75) is 31.6 Å². The van der Waals surface area contributed by atoms with Gasteiger partial charge in [-0.15, -0.1) is 0 Å². The lowest BCUT2D eigenvalue weighted by atomic mass is 9.60. The molecule has 1 spiro atoms. The van der Waals surface area contributed by atoms with Crippen LogP contribution in [-0.2, 0) is 18.3 Å². The van der Waals surface area contributed by atoms with Crippen LogP contribution in [0.2, 0.25) is 0 Å². The zero-order valence-corrected chi connectivity index (χ0v) is 19.9. The lowest BCUT2D eigenvalue weighted by Gasteiger charge is -2.42. The average Bonchev–Trinajstić information content (AvgIpc) is 3.21. The van der Waals surface area contributed by atoms with Crippen molar-refractivity contribution in [3.63, 3.8) is 0 Å². The summed E-state index contributed by atoms with van der Waals surface area (Å²) in [6, 6.07) is 34.7. The number of aryl methyl sites for hydroxylation is 2. The Balaban J connectivity index is 1.62. The van der Waals surface area contributed by atoms with Crippen molar-refractivity contribution in [1.82, 2.24) is 0 Å². The summed E-state index contributed by atoms with van der Waals surface area (Å²) >= 11 is 0. The molecule has 0 saturated carbocycles. The number of allylic oxidation sites excluding steroid dienone is 1. The van der Waals surface area contributed by atoms with E-state index in [0.29, 0.717) is 0 Å². The van der Waals surface area contributed by atoms with E-state index in [4.69, 9.17) is 0 Å². The van der Waals surface area contributed by atoms with E-state index in [1.54, 1.807) is 0 Å². The second kappa shape index (κ2) is 6.83. The zero-order valence-electron chi connectivity index (χ0n) is 19.9. The summed E-state index contributed by atoms with van der Waals surface area (Å²) in [5, 5.41) is 2.73. The van der Waals surface area contributed by atoms with E-state index in [0.717, 1.165) is 19.3 Å². The Morgan fingerprint density at radius 3 is 2.43 bits per heavy atom. The molecule has 1 atom stereocenters. The van der Waals surface area contributed by atoms with Gasteiger partial charge >= 0.3 is 0 Å². The Morgan fingerprint density at radius 2 is 1.46 bits per heavy atom. The molecule has 5 aromatic rings. The molecule has 0 heterocycles. The number of benzene rings is 5. The van der Waals surface area contributed by atoms with E-state index in [2.05, 4.69) is 110 Å². The first-order chi connectivity index (χ1) is 17.3. The third kappa shape index (κ3) is 2.33. The topological polar surface area (TPSA) is 0 Å². The Labute approximate surface area is 206 Å². The van der Waals surface area contributed by atoms with Crippen molar-refractivity contribution in [3.05, 3.63) is 147 Å². The van der Waals surface area contributed by atoms with Crippen molar-refractivity contribution in [2.75, 3.05) is 0 Å². The smallest absolute Gasteiger partial charge is 0.0719 e. The van der Waals surface area contributed by atoms with Crippen LogP contribution in [0.3, 0.4) is 0 Å². The minimum Gasteiger partial charge on any atom is -0.0836 e. The summed E-state index contributed by atoms with van der Waals surface area (Å²) in [4.78, 5) is 0. The van der Waals surface area contributed by atoms with Crippen molar-refractivity contribution in [3.8, 4) is 11.1 Å². The van der Waals surface area contributed by atoms with Gasteiger partial charge in [0.2, 0.25) is 0 Å². The van der Waals surface area contributed by atoms with Crippen molar-refractivity contribution in [1.29, 1.82) is 0 Å². The number of hydrogen-bond donors (Lipinski definition) is 0. The van der Waals surface area contributed by atoms with Gasteiger partial charge in [-0.1, -0.05) is 103 Å². The molecule has 3 aliphatic carbocycles. The number of hydrogen-bond acceptors (Lipinski definition) is 0. The van der Waals surface area contributed by atoms with Gasteiger partial charge in [-0.05, 0) is 98.2 Å². The summed E-state index contributed by atoms with van der Waals surface area (Å²) in [6.45, 7) is 2.27. The first-order valence-corrected chi connectivity index (χ1v) is 12.8. The Kier molecular flexibility index (Phi) is 3.79. The maximum Gasteiger partial charge on any atom is 0.0719 e. The molecule has 0 saturated heterocycles. The largest absolute Gasteiger partial charge is 0.0836 e. The minimum atomic E-state index is -0.286. The highest BCUT2D eigenvalue weighted by molar-refractivity contribution is 5.94. The van der Waals surface area contributed by atoms with E-state index in [1.165, 1.54) is 72.0 Å². The van der Waals surface area contributed by atoms with Crippen LogP contribution in [0, 0.1) is 6.92 Å². The SMILES string of the molecule is Cc1cccc2c1-c1ccccc1C21c2ccc3c(c2Cc2c1ccc1ccccc21)C=CCC3. The van der Waals surface area contributed by atoms with Crippen LogP contribution < -0.4 is 0 Å². The summed E-state index contributed by atoms with van der Waals surface area (Å²) < 4.78 is 0. The lowest BCUT2D eigenvalue weighted by molar-refractivity contribution is 0.721. The van der Waals surface area contributed by atoms with Crippen LogP contribution in [0.15, 0.2) is 97.1 Å². The molecule has 0 aromatic heterocycles. The molecule has 166 valence electrons. The van der Waals surface area contributed by atoms with Gasteiger partial charge in [0.05, 0.1) is 5.41 Å². The van der Waals surface area contributed by atoms with Crippen molar-refractivity contribution >= 4 is 16.8 Å². The fraction of sp³-hybridized carbons (Fsp3) is 0.143. The quantitative estimate of drug-likeness (QED) is 0.219. The second-order valence-electron chi connectivity index (χ2n) is 10.4. The Bertz CT molecular complexity index is 1730. The van der Waals surface area contributed by atoms with E-state index in [1.807, 2.05) is 0 Å². The molecule has 3 aliphatic rings. The average molecular weight is 447 g/mol. The summed E-state index contributed by atoms with van der Waals surface area (Å²) in [7, 11) is 0. The normalized spacial score (nSPS) is 18.7. The Hall–Kier alpha value is -3.90. The van der Waals surface area contributed by atoms with Crippen molar-refractivity contribution < 1.29 is 0 Å². The summed E-state index contributed by atoms with van der Waals surface area (Å²) in [5.41, 5.74) is 15.7. The van der Waals surface area contributed by atoms with Gasteiger partial charge in [0, 0.05) is 0 Å². The highest BCUT2D eigenvalue weighted by atomic mass is 14.5. The molecular weight excluding hydrogens is 420 g/mol. The molecule has 5 aromatic carbocycles. The van der Waals surface area contributed by atoms with Gasteiger partial charge in [-0.2, -0.15) is 0 Å². The molecule has 0 N–H and O–H groups in total. The summed E-state index contributed by atoms with van der Waals surface area (Å²) in [6.07, 6.45) is 8.04. The van der Waals surface area contributed by atoms with Crippen LogP contribution in [0.5, 0.6) is 0 Å². The third-order valence-electron chi connectivity index (χ3n) is 8.79. The third-order valence-corrected chi connectivity index (χ3v) is 8.79. The van der Waals surface area contributed by atoms with E-state index < -0.39 is 0 Å². The van der Waals surface area contributed by atoms with Gasteiger partial charge < -0.3 is 0 Å². The molecule has 0 heteroatoms. The molecule has 0 amide bonds. The molecule has 1 unspecified atom stereocenters. The Morgan fingerprint density at radius 1 is 0.657 bits per heavy atom. The van der Waals surface area contributed by atoms with Gasteiger partial charge in [0.15, 0.2) is 0 Å². The molecular formula is C35H26. The van der Waals surface area contributed by atoms with Gasteiger partial charge in [0.1, 0.15) is 0 Å². The van der Waals surface area contributed by atoms with Crippen LogP contribution in [0.1, 0.15) is 56.5 Å². The molecule has 0 fully saturated rings. The maximum absolute atomic E-state index is 2.47. The predicted octanol–water partition coefficient (Wildman–Crippen LogP) is 8.37. The second-order valence-corrected chi connectivity index (χ2v) is 10.4. The minimum absolute atomic E-state index is 0.286. The van der Waals surface area contributed by atoms with Gasteiger partial charge in [-0.3, -0.25) is 0 Å². The highest BCUT2D eigenvalue weighted by Gasteiger charge is 2.50. The van der Waals surface area contributed by atoms with Crippen LogP contribution >= 0.6 is 0 Å². The summed E-state index contributed by atoms with van der Waals surface area (Å²) in [5.74, 6) is 0. The standard InChI is InChI=1S/C35H26/c1-22-9-8-16-33-34(22)27-14-6-7-15-30(27)35(33)31-19-17-23-10-2-4-12-25(23)28(31)21-29-26-13-5-3-11-24(26)18-20-32(29)35/h2,4-10,12-20H,3,11,21H2,1H3. The van der Waals surface area contributed by atoms with Crippen molar-refractivity contribution in [2.24, 2.45) is 0 Å². The van der Waals surface area contributed by atoms with Gasteiger partial charge in [0.25, 0.3) is 0 Å². The van der Waals surface area contributed by atoms with E-state index in [9.17, 15) is 0 Å². The maximum atomic E-state index is 2.47. The molecule has 0 nitrogen and oxygen atoms in total. The fourth-order valence-corrected chi connectivity index (χ4v) is 7.41. The number of fused-ring (bicyclic) bond motifs is 13.